The van der Waals surface area contributed by atoms with Gasteiger partial charge in [0.05, 0.1) is 18.9 Å². The summed E-state index contributed by atoms with van der Waals surface area (Å²) in [4.78, 5) is 27.3. The fourth-order valence-electron chi connectivity index (χ4n) is 4.41. The highest BCUT2D eigenvalue weighted by Gasteiger charge is 2.46. The van der Waals surface area contributed by atoms with Gasteiger partial charge in [0.25, 0.3) is 0 Å². The summed E-state index contributed by atoms with van der Waals surface area (Å²) < 4.78 is 15.9. The van der Waals surface area contributed by atoms with Crippen molar-refractivity contribution in [2.45, 2.75) is 57.9 Å². The van der Waals surface area contributed by atoms with Crippen LogP contribution >= 0.6 is 0 Å². The summed E-state index contributed by atoms with van der Waals surface area (Å²) in [6, 6.07) is 5.99. The Balaban J connectivity index is 1.42. The molecule has 28 heavy (non-hydrogen) atoms. The van der Waals surface area contributed by atoms with Gasteiger partial charge in [-0.05, 0) is 49.8 Å². The second-order valence-corrected chi connectivity index (χ2v) is 8.06. The SMILES string of the molecule is CCOC(=O)[C@@H]1C[C@H]1CN(C(=O)Cc1ccc2c(c1)OCO2)C1CCCCC1. The van der Waals surface area contributed by atoms with Crippen LogP contribution in [0.1, 0.15) is 51.0 Å². The van der Waals surface area contributed by atoms with Gasteiger partial charge in [0.15, 0.2) is 11.5 Å². The van der Waals surface area contributed by atoms with Crippen LogP contribution in [0.3, 0.4) is 0 Å². The van der Waals surface area contributed by atoms with E-state index in [0.29, 0.717) is 31.4 Å². The van der Waals surface area contributed by atoms with Gasteiger partial charge in [-0.1, -0.05) is 25.3 Å². The highest BCUT2D eigenvalue weighted by atomic mass is 16.7. The molecule has 0 spiro atoms. The Hall–Kier alpha value is -2.24. The minimum atomic E-state index is -0.112. The van der Waals surface area contributed by atoms with Crippen LogP contribution < -0.4 is 9.47 Å². The van der Waals surface area contributed by atoms with Crippen molar-refractivity contribution in [1.82, 2.24) is 4.90 Å². The largest absolute Gasteiger partial charge is 0.466 e. The molecule has 152 valence electrons. The highest BCUT2D eigenvalue weighted by molar-refractivity contribution is 5.80. The molecule has 0 aromatic heterocycles. The molecule has 1 aromatic carbocycles. The predicted molar refractivity (Wildman–Crippen MR) is 103 cm³/mol. The van der Waals surface area contributed by atoms with Crippen molar-refractivity contribution in [3.05, 3.63) is 23.8 Å². The lowest BCUT2D eigenvalue weighted by Gasteiger charge is -2.35. The first-order valence-corrected chi connectivity index (χ1v) is 10.5. The first-order valence-electron chi connectivity index (χ1n) is 10.5. The second kappa shape index (κ2) is 8.41. The zero-order chi connectivity index (χ0) is 19.5. The van der Waals surface area contributed by atoms with Crippen molar-refractivity contribution >= 4 is 11.9 Å². The van der Waals surface area contributed by atoms with Crippen LogP contribution in [0.4, 0.5) is 0 Å². The number of benzene rings is 1. The molecule has 2 aliphatic carbocycles. The summed E-state index contributed by atoms with van der Waals surface area (Å²) in [5.74, 6) is 1.67. The highest BCUT2D eigenvalue weighted by Crippen LogP contribution is 2.41. The molecular weight excluding hydrogens is 358 g/mol. The molecular formula is C22H29NO5. The molecule has 2 saturated carbocycles. The molecule has 1 aliphatic heterocycles. The Kier molecular flexibility index (Phi) is 5.74. The summed E-state index contributed by atoms with van der Waals surface area (Å²) in [7, 11) is 0. The Morgan fingerprint density at radius 1 is 1.14 bits per heavy atom. The molecule has 6 nitrogen and oxygen atoms in total. The van der Waals surface area contributed by atoms with E-state index in [1.165, 1.54) is 19.3 Å². The van der Waals surface area contributed by atoms with E-state index in [2.05, 4.69) is 0 Å². The Bertz CT molecular complexity index is 728. The van der Waals surface area contributed by atoms with E-state index < -0.39 is 0 Å². The number of rotatable bonds is 7. The summed E-state index contributed by atoms with van der Waals surface area (Å²) in [5, 5.41) is 0. The zero-order valence-electron chi connectivity index (χ0n) is 16.5. The van der Waals surface area contributed by atoms with Crippen LogP contribution in [0.5, 0.6) is 11.5 Å². The van der Waals surface area contributed by atoms with E-state index in [9.17, 15) is 9.59 Å². The van der Waals surface area contributed by atoms with Crippen molar-refractivity contribution in [1.29, 1.82) is 0 Å². The molecule has 6 heteroatoms. The quantitative estimate of drug-likeness (QED) is 0.672. The lowest BCUT2D eigenvalue weighted by atomic mass is 9.93. The van der Waals surface area contributed by atoms with Gasteiger partial charge < -0.3 is 19.1 Å². The molecule has 3 aliphatic rings. The number of carbonyl (C=O) groups is 2. The zero-order valence-corrected chi connectivity index (χ0v) is 16.5. The summed E-state index contributed by atoms with van der Waals surface area (Å²) in [6.07, 6.45) is 6.89. The average molecular weight is 387 g/mol. The van der Waals surface area contributed by atoms with Gasteiger partial charge in [0, 0.05) is 12.6 Å². The van der Waals surface area contributed by atoms with Gasteiger partial charge in [-0.3, -0.25) is 9.59 Å². The smallest absolute Gasteiger partial charge is 0.309 e. The number of carbonyl (C=O) groups excluding carboxylic acids is 2. The fourth-order valence-corrected chi connectivity index (χ4v) is 4.41. The van der Waals surface area contributed by atoms with Crippen LogP contribution in [0, 0.1) is 11.8 Å². The molecule has 0 N–H and O–H groups in total. The maximum atomic E-state index is 13.2. The van der Waals surface area contributed by atoms with E-state index >= 15 is 0 Å². The first kappa shape index (κ1) is 19.1. The van der Waals surface area contributed by atoms with E-state index in [4.69, 9.17) is 14.2 Å². The monoisotopic (exact) mass is 387 g/mol. The maximum absolute atomic E-state index is 13.2. The molecule has 2 atom stereocenters. The summed E-state index contributed by atoms with van der Waals surface area (Å²) >= 11 is 0. The number of nitrogens with zero attached hydrogens (tertiary/aromatic N) is 1. The normalized spacial score (nSPS) is 23.3. The second-order valence-electron chi connectivity index (χ2n) is 8.06. The topological polar surface area (TPSA) is 65.1 Å². The van der Waals surface area contributed by atoms with Crippen LogP contribution in [0.2, 0.25) is 0 Å². The van der Waals surface area contributed by atoms with Gasteiger partial charge >= 0.3 is 5.97 Å². The van der Waals surface area contributed by atoms with Crippen LogP contribution in [0.25, 0.3) is 0 Å². The number of hydrogen-bond donors (Lipinski definition) is 0. The van der Waals surface area contributed by atoms with Gasteiger partial charge in [-0.25, -0.2) is 0 Å². The Morgan fingerprint density at radius 2 is 1.93 bits per heavy atom. The minimum absolute atomic E-state index is 0.0376. The Morgan fingerprint density at radius 3 is 2.71 bits per heavy atom. The standard InChI is InChI=1S/C22H29NO5/c1-2-26-22(25)18-12-16(18)13-23(17-6-4-3-5-7-17)21(24)11-15-8-9-19-20(10-15)28-14-27-19/h8-10,16-18H,2-7,11-14H2,1H3/t16-,18+/m0/s1. The van der Waals surface area contributed by atoms with E-state index in [0.717, 1.165) is 30.6 Å². The summed E-state index contributed by atoms with van der Waals surface area (Å²) in [6.45, 7) is 3.14. The molecule has 0 saturated heterocycles. The van der Waals surface area contributed by atoms with Crippen LogP contribution in [-0.4, -0.2) is 42.8 Å². The number of ether oxygens (including phenoxy) is 3. The third-order valence-corrected chi connectivity index (χ3v) is 6.07. The first-order chi connectivity index (χ1) is 13.7. The van der Waals surface area contributed by atoms with Crippen LogP contribution in [-0.2, 0) is 20.7 Å². The van der Waals surface area contributed by atoms with Crippen molar-refractivity contribution in [2.24, 2.45) is 11.8 Å². The van der Waals surface area contributed by atoms with Crippen molar-refractivity contribution < 1.29 is 23.8 Å². The lowest BCUT2D eigenvalue weighted by molar-refractivity contribution is -0.145. The number of amides is 1. The molecule has 4 rings (SSSR count). The molecule has 0 radical (unpaired) electrons. The minimum Gasteiger partial charge on any atom is -0.466 e. The number of fused-ring (bicyclic) bond motifs is 1. The number of hydrogen-bond acceptors (Lipinski definition) is 5. The molecule has 1 heterocycles. The lowest BCUT2D eigenvalue weighted by Crippen LogP contribution is -2.43. The molecule has 0 bridgehead atoms. The maximum Gasteiger partial charge on any atom is 0.309 e. The van der Waals surface area contributed by atoms with Gasteiger partial charge in [-0.15, -0.1) is 0 Å². The Labute approximate surface area is 166 Å². The molecule has 1 aromatic rings. The summed E-state index contributed by atoms with van der Waals surface area (Å²) in [5.41, 5.74) is 0.938. The third kappa shape index (κ3) is 4.26. The van der Waals surface area contributed by atoms with Crippen molar-refractivity contribution in [2.75, 3.05) is 19.9 Å². The third-order valence-electron chi connectivity index (χ3n) is 6.07. The predicted octanol–water partition coefficient (Wildman–Crippen LogP) is 3.32. The molecule has 0 unspecified atom stereocenters. The fraction of sp³-hybridized carbons (Fsp3) is 0.636. The average Bonchev–Trinajstić information content (AvgIpc) is 3.33. The van der Waals surface area contributed by atoms with Gasteiger partial charge in [0.2, 0.25) is 12.7 Å². The van der Waals surface area contributed by atoms with E-state index in [1.54, 1.807) is 0 Å². The van der Waals surface area contributed by atoms with E-state index in [-0.39, 0.29) is 30.5 Å². The molecule has 2 fully saturated rings. The van der Waals surface area contributed by atoms with E-state index in [1.807, 2.05) is 30.0 Å². The molecule has 1 amide bonds. The van der Waals surface area contributed by atoms with Crippen molar-refractivity contribution in [3.63, 3.8) is 0 Å². The van der Waals surface area contributed by atoms with Gasteiger partial charge in [0.1, 0.15) is 0 Å². The van der Waals surface area contributed by atoms with Crippen molar-refractivity contribution in [3.8, 4) is 11.5 Å². The van der Waals surface area contributed by atoms with Crippen LogP contribution in [0.15, 0.2) is 18.2 Å². The van der Waals surface area contributed by atoms with Gasteiger partial charge in [-0.2, -0.15) is 0 Å². The number of esters is 1.